The van der Waals surface area contributed by atoms with Gasteiger partial charge in [0.05, 0.1) is 11.9 Å². The Morgan fingerprint density at radius 1 is 1.33 bits per heavy atom. The Bertz CT molecular complexity index is 485. The Morgan fingerprint density at radius 2 is 1.89 bits per heavy atom. The van der Waals surface area contributed by atoms with Crippen LogP contribution in [0.3, 0.4) is 0 Å². The average molecular weight is 312 g/mol. The van der Waals surface area contributed by atoms with Gasteiger partial charge in [-0.05, 0) is 18.6 Å². The van der Waals surface area contributed by atoms with Crippen molar-refractivity contribution >= 4 is 33.2 Å². The summed E-state index contributed by atoms with van der Waals surface area (Å²) in [7, 11) is -3.36. The maximum atomic E-state index is 11.4. The predicted molar refractivity (Wildman–Crippen MR) is 73.5 cm³/mol. The van der Waals surface area contributed by atoms with Gasteiger partial charge in [-0.1, -0.05) is 36.2 Å². The molecule has 102 valence electrons. The lowest BCUT2D eigenvalue weighted by molar-refractivity contribution is 0.182. The van der Waals surface area contributed by atoms with E-state index in [1.807, 2.05) is 0 Å². The molecule has 0 unspecified atom stereocenters. The van der Waals surface area contributed by atoms with Crippen LogP contribution in [0.5, 0.6) is 0 Å². The lowest BCUT2D eigenvalue weighted by Gasteiger charge is -2.15. The third-order valence-electron chi connectivity index (χ3n) is 2.30. The second kappa shape index (κ2) is 6.73. The Balaban J connectivity index is 2.75. The van der Waals surface area contributed by atoms with Crippen LogP contribution in [0.1, 0.15) is 25.0 Å². The second-order valence-electron chi connectivity index (χ2n) is 3.82. The van der Waals surface area contributed by atoms with Gasteiger partial charge in [0.15, 0.2) is 0 Å². The summed E-state index contributed by atoms with van der Waals surface area (Å²) in [6, 6.07) is 4.83. The van der Waals surface area contributed by atoms with Crippen molar-refractivity contribution in [3.8, 4) is 0 Å². The van der Waals surface area contributed by atoms with Gasteiger partial charge in [-0.2, -0.15) is 0 Å². The number of sulfonamides is 1. The number of hydrogen-bond acceptors (Lipinski definition) is 3. The highest BCUT2D eigenvalue weighted by molar-refractivity contribution is 7.89. The zero-order valence-electron chi connectivity index (χ0n) is 9.86. The van der Waals surface area contributed by atoms with Crippen molar-refractivity contribution in [2.75, 3.05) is 12.3 Å². The Kier molecular flexibility index (Phi) is 5.88. The summed E-state index contributed by atoms with van der Waals surface area (Å²) in [5.74, 6) is 0.0238. The average Bonchev–Trinajstić information content (AvgIpc) is 2.26. The number of hydrogen-bond donors (Lipinski definition) is 2. The standard InChI is InChI=1S/C11H15Cl2NO3S/c1-2-6-18(16,17)14-7-10(15)11-8(12)4-3-5-9(11)13/h3-5,10,14-15H,2,6-7H2,1H3/t10-/m0/s1. The summed E-state index contributed by atoms with van der Waals surface area (Å²) >= 11 is 11.8. The van der Waals surface area contributed by atoms with Crippen LogP contribution in [0.2, 0.25) is 10.0 Å². The number of aliphatic hydroxyl groups is 1. The lowest BCUT2D eigenvalue weighted by atomic mass is 10.1. The number of benzene rings is 1. The maximum absolute atomic E-state index is 11.4. The first-order valence-electron chi connectivity index (χ1n) is 5.46. The van der Waals surface area contributed by atoms with Crippen LogP contribution in [-0.2, 0) is 10.0 Å². The van der Waals surface area contributed by atoms with Crippen LogP contribution in [0.4, 0.5) is 0 Å². The first-order chi connectivity index (χ1) is 8.37. The molecule has 7 heteroatoms. The lowest BCUT2D eigenvalue weighted by Crippen LogP contribution is -2.30. The number of nitrogens with one attached hydrogen (secondary N) is 1. The van der Waals surface area contributed by atoms with Crippen molar-refractivity contribution in [1.82, 2.24) is 4.72 Å². The van der Waals surface area contributed by atoms with Crippen molar-refractivity contribution in [1.29, 1.82) is 0 Å². The topological polar surface area (TPSA) is 66.4 Å². The smallest absolute Gasteiger partial charge is 0.211 e. The van der Waals surface area contributed by atoms with Crippen LogP contribution in [-0.4, -0.2) is 25.8 Å². The molecule has 2 N–H and O–H groups in total. The van der Waals surface area contributed by atoms with Gasteiger partial charge in [-0.15, -0.1) is 0 Å². The highest BCUT2D eigenvalue weighted by Gasteiger charge is 2.18. The first kappa shape index (κ1) is 15.7. The van der Waals surface area contributed by atoms with Gasteiger partial charge in [0.1, 0.15) is 0 Å². The summed E-state index contributed by atoms with van der Waals surface area (Å²) in [4.78, 5) is 0. The normalized spacial score (nSPS) is 13.6. The molecule has 0 saturated carbocycles. The number of rotatable bonds is 6. The monoisotopic (exact) mass is 311 g/mol. The number of halogens is 2. The molecule has 0 fully saturated rings. The van der Waals surface area contributed by atoms with Crippen LogP contribution < -0.4 is 4.72 Å². The van der Waals surface area contributed by atoms with Gasteiger partial charge in [0, 0.05) is 22.2 Å². The molecule has 0 saturated heterocycles. The van der Waals surface area contributed by atoms with E-state index in [2.05, 4.69) is 4.72 Å². The van der Waals surface area contributed by atoms with E-state index in [1.165, 1.54) is 0 Å². The van der Waals surface area contributed by atoms with Gasteiger partial charge >= 0.3 is 0 Å². The molecule has 18 heavy (non-hydrogen) atoms. The molecular formula is C11H15Cl2NO3S. The minimum atomic E-state index is -3.36. The molecule has 1 aromatic rings. The molecule has 1 atom stereocenters. The zero-order valence-corrected chi connectivity index (χ0v) is 12.2. The second-order valence-corrected chi connectivity index (χ2v) is 6.56. The van der Waals surface area contributed by atoms with E-state index in [0.717, 1.165) is 0 Å². The van der Waals surface area contributed by atoms with E-state index in [1.54, 1.807) is 25.1 Å². The minimum absolute atomic E-state index is 0.0238. The van der Waals surface area contributed by atoms with Crippen molar-refractivity contribution in [3.63, 3.8) is 0 Å². The third-order valence-corrected chi connectivity index (χ3v) is 4.51. The molecule has 0 aliphatic rings. The van der Waals surface area contributed by atoms with E-state index >= 15 is 0 Å². The van der Waals surface area contributed by atoms with Gasteiger partial charge in [-0.25, -0.2) is 13.1 Å². The molecule has 4 nitrogen and oxygen atoms in total. The molecule has 0 heterocycles. The molecule has 0 amide bonds. The van der Waals surface area contributed by atoms with Crippen LogP contribution >= 0.6 is 23.2 Å². The van der Waals surface area contributed by atoms with Gasteiger partial charge in [0.25, 0.3) is 0 Å². The molecular weight excluding hydrogens is 297 g/mol. The van der Waals surface area contributed by atoms with Crippen molar-refractivity contribution in [3.05, 3.63) is 33.8 Å². The maximum Gasteiger partial charge on any atom is 0.211 e. The number of aliphatic hydroxyl groups excluding tert-OH is 1. The predicted octanol–water partition coefficient (Wildman–Crippen LogP) is 2.36. The Hall–Kier alpha value is -0.330. The van der Waals surface area contributed by atoms with E-state index in [4.69, 9.17) is 23.2 Å². The fourth-order valence-electron chi connectivity index (χ4n) is 1.48. The van der Waals surface area contributed by atoms with Crippen molar-refractivity contribution in [2.45, 2.75) is 19.4 Å². The summed E-state index contributed by atoms with van der Waals surface area (Å²) in [6.45, 7) is 1.62. The summed E-state index contributed by atoms with van der Waals surface area (Å²) in [6.07, 6.45) is -0.559. The SMILES string of the molecule is CCCS(=O)(=O)NC[C@H](O)c1c(Cl)cccc1Cl. The molecule has 0 bridgehead atoms. The van der Waals surface area contributed by atoms with E-state index in [-0.39, 0.29) is 12.3 Å². The zero-order chi connectivity index (χ0) is 13.8. The molecule has 1 aromatic carbocycles. The molecule has 0 radical (unpaired) electrons. The van der Waals surface area contributed by atoms with Gasteiger partial charge < -0.3 is 5.11 Å². The van der Waals surface area contributed by atoms with Crippen LogP contribution in [0.25, 0.3) is 0 Å². The Labute approximate surface area is 117 Å². The quantitative estimate of drug-likeness (QED) is 0.847. The summed E-state index contributed by atoms with van der Waals surface area (Å²) < 4.78 is 25.2. The molecule has 0 aliphatic carbocycles. The molecule has 1 rings (SSSR count). The fourth-order valence-corrected chi connectivity index (χ4v) is 3.22. The minimum Gasteiger partial charge on any atom is -0.387 e. The molecule has 0 spiro atoms. The first-order valence-corrected chi connectivity index (χ1v) is 7.87. The molecule has 0 aliphatic heterocycles. The Morgan fingerprint density at radius 3 is 2.39 bits per heavy atom. The highest BCUT2D eigenvalue weighted by atomic mass is 35.5. The highest BCUT2D eigenvalue weighted by Crippen LogP contribution is 2.29. The van der Waals surface area contributed by atoms with Crippen LogP contribution in [0, 0.1) is 0 Å². The van der Waals surface area contributed by atoms with Crippen LogP contribution in [0.15, 0.2) is 18.2 Å². The summed E-state index contributed by atoms with van der Waals surface area (Å²) in [5, 5.41) is 10.5. The largest absolute Gasteiger partial charge is 0.387 e. The van der Waals surface area contributed by atoms with E-state index in [9.17, 15) is 13.5 Å². The third kappa shape index (κ3) is 4.40. The van der Waals surface area contributed by atoms with E-state index < -0.39 is 16.1 Å². The van der Waals surface area contributed by atoms with Crippen molar-refractivity contribution in [2.24, 2.45) is 0 Å². The fraction of sp³-hybridized carbons (Fsp3) is 0.455. The summed E-state index contributed by atoms with van der Waals surface area (Å²) in [5.41, 5.74) is 0.333. The van der Waals surface area contributed by atoms with Gasteiger partial charge in [0.2, 0.25) is 10.0 Å². The molecule has 0 aromatic heterocycles. The van der Waals surface area contributed by atoms with Gasteiger partial charge in [-0.3, -0.25) is 0 Å². The van der Waals surface area contributed by atoms with Crippen molar-refractivity contribution < 1.29 is 13.5 Å². The van der Waals surface area contributed by atoms with E-state index in [0.29, 0.717) is 22.0 Å².